The van der Waals surface area contributed by atoms with E-state index in [2.05, 4.69) is 15.9 Å². The van der Waals surface area contributed by atoms with E-state index in [1.807, 2.05) is 24.3 Å². The highest BCUT2D eigenvalue weighted by Crippen LogP contribution is 2.33. The molecule has 0 aliphatic carbocycles. The third-order valence-electron chi connectivity index (χ3n) is 3.74. The van der Waals surface area contributed by atoms with Gasteiger partial charge in [0.05, 0.1) is 4.90 Å². The van der Waals surface area contributed by atoms with Crippen LogP contribution in [0.3, 0.4) is 0 Å². The fraction of sp³-hybridized carbons (Fsp3) is 0.111. The van der Waals surface area contributed by atoms with Crippen LogP contribution in [0.15, 0.2) is 88.2 Å². The van der Waals surface area contributed by atoms with Gasteiger partial charge in [-0.2, -0.15) is 0 Å². The van der Waals surface area contributed by atoms with Crippen molar-refractivity contribution in [3.63, 3.8) is 0 Å². The first-order chi connectivity index (χ1) is 13.1. The Kier molecular flexibility index (Phi) is 6.38. The van der Waals surface area contributed by atoms with E-state index < -0.39 is 19.9 Å². The van der Waals surface area contributed by atoms with Crippen molar-refractivity contribution in [1.29, 1.82) is 0 Å². The Morgan fingerprint density at radius 2 is 1.29 bits per heavy atom. The highest BCUT2D eigenvalue weighted by Gasteiger charge is 2.25. The van der Waals surface area contributed by atoms with Gasteiger partial charge in [0, 0.05) is 28.4 Å². The van der Waals surface area contributed by atoms with E-state index in [0.29, 0.717) is 0 Å². The summed E-state index contributed by atoms with van der Waals surface area (Å²) in [6, 6.07) is 17.0. The van der Waals surface area contributed by atoms with Gasteiger partial charge < -0.3 is 0 Å². The summed E-state index contributed by atoms with van der Waals surface area (Å²) in [6.07, 6.45) is 0. The number of halogens is 1. The zero-order chi connectivity index (χ0) is 20.5. The molecule has 3 aromatic rings. The lowest BCUT2D eigenvalue weighted by atomic mass is 10.4. The molecule has 10 heteroatoms. The third kappa shape index (κ3) is 4.52. The summed E-state index contributed by atoms with van der Waals surface area (Å²) in [7, 11) is -4.63. The van der Waals surface area contributed by atoms with Crippen LogP contribution >= 0.6 is 39.0 Å². The van der Waals surface area contributed by atoms with Gasteiger partial charge in [-0.1, -0.05) is 27.7 Å². The molecule has 0 aliphatic rings. The van der Waals surface area contributed by atoms with E-state index in [0.717, 1.165) is 29.9 Å². The fourth-order valence-electron chi connectivity index (χ4n) is 2.21. The molecule has 1 aromatic heterocycles. The molecule has 5 nitrogen and oxygen atoms in total. The Morgan fingerprint density at radius 1 is 0.786 bits per heavy atom. The van der Waals surface area contributed by atoms with Crippen molar-refractivity contribution in [1.82, 2.24) is 4.31 Å². The quantitative estimate of drug-likeness (QED) is 0.471. The molecule has 28 heavy (non-hydrogen) atoms. The zero-order valence-electron chi connectivity index (χ0n) is 14.9. The summed E-state index contributed by atoms with van der Waals surface area (Å²) in [4.78, 5) is 2.07. The van der Waals surface area contributed by atoms with Crippen LogP contribution in [0.25, 0.3) is 0 Å². The predicted octanol–water partition coefficient (Wildman–Crippen LogP) is 4.74. The van der Waals surface area contributed by atoms with Gasteiger partial charge in [0.15, 0.2) is 0 Å². The molecule has 2 aromatic carbocycles. The molecule has 0 radical (unpaired) electrons. The third-order valence-corrected chi connectivity index (χ3v) is 10.9. The fourth-order valence-corrected chi connectivity index (χ4v) is 7.63. The number of sulfone groups is 1. The zero-order valence-corrected chi connectivity index (χ0v) is 19.7. The molecule has 0 fully saturated rings. The predicted molar refractivity (Wildman–Crippen MR) is 115 cm³/mol. The number of rotatable bonds is 6. The number of benzene rings is 2. The standard InChI is InChI=1S/C18H16BrNO4S4/c1-20(2)28(23,24)18-12-11-17(26-18)27(21,22)16-9-7-15(8-10-16)25-14-5-3-13(19)4-6-14/h3-12H,1-2H3. The smallest absolute Gasteiger partial charge is 0.218 e. The molecule has 0 atom stereocenters. The van der Waals surface area contributed by atoms with Crippen LogP contribution in [0.2, 0.25) is 0 Å². The van der Waals surface area contributed by atoms with Gasteiger partial charge in [0.2, 0.25) is 9.84 Å². The Bertz CT molecular complexity index is 1180. The van der Waals surface area contributed by atoms with Crippen molar-refractivity contribution in [3.8, 4) is 0 Å². The average Bonchev–Trinajstić information content (AvgIpc) is 3.16. The van der Waals surface area contributed by atoms with Crippen molar-refractivity contribution in [3.05, 3.63) is 65.1 Å². The van der Waals surface area contributed by atoms with Crippen LogP contribution in [0.1, 0.15) is 0 Å². The number of nitrogens with zero attached hydrogens (tertiary/aromatic N) is 1. The first kappa shape index (κ1) is 21.5. The van der Waals surface area contributed by atoms with Crippen LogP contribution in [0.4, 0.5) is 0 Å². The first-order valence-electron chi connectivity index (χ1n) is 7.91. The Morgan fingerprint density at radius 3 is 1.82 bits per heavy atom. The van der Waals surface area contributed by atoms with Crippen molar-refractivity contribution < 1.29 is 16.8 Å². The molecule has 0 amide bonds. The number of thiophene rings is 1. The normalized spacial score (nSPS) is 12.4. The first-order valence-corrected chi connectivity index (χ1v) is 13.3. The molecule has 1 heterocycles. The maximum absolute atomic E-state index is 12.8. The van der Waals surface area contributed by atoms with E-state index in [4.69, 9.17) is 0 Å². The van der Waals surface area contributed by atoms with Gasteiger partial charge in [-0.3, -0.25) is 0 Å². The summed E-state index contributed by atoms with van der Waals surface area (Å²) in [5.41, 5.74) is 0. The van der Waals surface area contributed by atoms with Crippen molar-refractivity contribution in [2.75, 3.05) is 14.1 Å². The maximum Gasteiger partial charge on any atom is 0.252 e. The van der Waals surface area contributed by atoms with Crippen molar-refractivity contribution >= 4 is 58.9 Å². The number of sulfonamides is 1. The lowest BCUT2D eigenvalue weighted by molar-refractivity contribution is 0.523. The van der Waals surface area contributed by atoms with Gasteiger partial charge in [-0.25, -0.2) is 21.1 Å². The second-order valence-electron chi connectivity index (χ2n) is 5.89. The molecule has 0 unspecified atom stereocenters. The minimum absolute atomic E-state index is 0.00115. The van der Waals surface area contributed by atoms with E-state index in [1.165, 1.54) is 50.1 Å². The van der Waals surface area contributed by atoms with Gasteiger partial charge in [-0.15, -0.1) is 11.3 Å². The minimum atomic E-state index is -3.78. The van der Waals surface area contributed by atoms with Gasteiger partial charge in [0.25, 0.3) is 10.0 Å². The molecule has 0 saturated carbocycles. The molecule has 0 bridgehead atoms. The molecular formula is C18H16BrNO4S4. The van der Waals surface area contributed by atoms with E-state index in [9.17, 15) is 16.8 Å². The van der Waals surface area contributed by atoms with Gasteiger partial charge in [0.1, 0.15) is 8.42 Å². The lowest BCUT2D eigenvalue weighted by Crippen LogP contribution is -2.21. The molecule has 148 valence electrons. The van der Waals surface area contributed by atoms with Gasteiger partial charge >= 0.3 is 0 Å². The molecular weight excluding hydrogens is 502 g/mol. The highest BCUT2D eigenvalue weighted by molar-refractivity contribution is 9.10. The second kappa shape index (κ2) is 8.29. The van der Waals surface area contributed by atoms with Crippen LogP contribution in [-0.2, 0) is 19.9 Å². The van der Waals surface area contributed by atoms with E-state index in [-0.39, 0.29) is 13.3 Å². The molecule has 0 spiro atoms. The van der Waals surface area contributed by atoms with Gasteiger partial charge in [-0.05, 0) is 60.7 Å². The SMILES string of the molecule is CN(C)S(=O)(=O)c1ccc(S(=O)(=O)c2ccc(Sc3ccc(Br)cc3)cc2)s1. The number of hydrogen-bond acceptors (Lipinski definition) is 6. The topological polar surface area (TPSA) is 71.5 Å². The Balaban J connectivity index is 1.85. The lowest BCUT2D eigenvalue weighted by Gasteiger charge is -2.08. The van der Waals surface area contributed by atoms with E-state index in [1.54, 1.807) is 12.1 Å². The molecule has 0 N–H and O–H groups in total. The molecule has 3 rings (SSSR count). The molecule has 0 aliphatic heterocycles. The van der Waals surface area contributed by atoms with Crippen molar-refractivity contribution in [2.45, 2.75) is 23.1 Å². The molecule has 0 saturated heterocycles. The second-order valence-corrected chi connectivity index (χ2v) is 13.6. The maximum atomic E-state index is 12.8. The van der Waals surface area contributed by atoms with Crippen LogP contribution in [0, 0.1) is 0 Å². The highest BCUT2D eigenvalue weighted by atomic mass is 79.9. The number of hydrogen-bond donors (Lipinski definition) is 0. The summed E-state index contributed by atoms with van der Waals surface area (Å²) in [6.45, 7) is 0. The summed E-state index contributed by atoms with van der Waals surface area (Å²) in [5, 5.41) is 0. The van der Waals surface area contributed by atoms with Crippen LogP contribution in [0.5, 0.6) is 0 Å². The van der Waals surface area contributed by atoms with Crippen molar-refractivity contribution in [2.24, 2.45) is 0 Å². The van der Waals surface area contributed by atoms with Crippen LogP contribution in [-0.4, -0.2) is 35.2 Å². The minimum Gasteiger partial charge on any atom is -0.218 e. The van der Waals surface area contributed by atoms with E-state index >= 15 is 0 Å². The summed E-state index contributed by atoms with van der Waals surface area (Å²) < 4.78 is 52.1. The summed E-state index contributed by atoms with van der Waals surface area (Å²) >= 11 is 5.67. The largest absolute Gasteiger partial charge is 0.252 e. The Hall–Kier alpha value is -1.17. The summed E-state index contributed by atoms with van der Waals surface area (Å²) in [5.74, 6) is 0. The van der Waals surface area contributed by atoms with Crippen LogP contribution < -0.4 is 0 Å². The monoisotopic (exact) mass is 517 g/mol. The average molecular weight is 519 g/mol. The Labute approximate surface area is 181 Å².